The lowest BCUT2D eigenvalue weighted by molar-refractivity contribution is -0.125. The lowest BCUT2D eigenvalue weighted by Crippen LogP contribution is -2.33. The number of amides is 1. The molecule has 0 aromatic heterocycles. The molecule has 3 aromatic carbocycles. The molecule has 1 N–H and O–H groups in total. The average molecular weight is 389 g/mol. The highest BCUT2D eigenvalue weighted by Gasteiger charge is 2.17. The molecule has 3 aromatic rings. The molecule has 5 nitrogen and oxygen atoms in total. The van der Waals surface area contributed by atoms with Crippen LogP contribution in [0.1, 0.15) is 27.5 Å². The number of benzene rings is 3. The van der Waals surface area contributed by atoms with Crippen LogP contribution in [-0.2, 0) is 16.0 Å². The fourth-order valence-electron chi connectivity index (χ4n) is 2.96. The molecule has 148 valence electrons. The lowest BCUT2D eigenvalue weighted by Gasteiger charge is -2.19. The highest BCUT2D eigenvalue weighted by molar-refractivity contribution is 5.91. The minimum Gasteiger partial charge on any atom is -0.497 e. The molecule has 0 unspecified atom stereocenters. The van der Waals surface area contributed by atoms with Gasteiger partial charge in [-0.1, -0.05) is 60.7 Å². The van der Waals surface area contributed by atoms with Gasteiger partial charge in [-0.25, -0.2) is 4.79 Å². The van der Waals surface area contributed by atoms with Crippen LogP contribution in [0.5, 0.6) is 5.75 Å². The molecule has 5 heteroatoms. The summed E-state index contributed by atoms with van der Waals surface area (Å²) in [7, 11) is 1.55. The quantitative estimate of drug-likeness (QED) is 0.593. The molecule has 0 spiro atoms. The Morgan fingerprint density at radius 3 is 2.10 bits per heavy atom. The van der Waals surface area contributed by atoms with Crippen LogP contribution < -0.4 is 10.1 Å². The molecule has 0 radical (unpaired) electrons. The third-order valence-corrected chi connectivity index (χ3v) is 4.48. The Morgan fingerprint density at radius 1 is 0.862 bits per heavy atom. The van der Waals surface area contributed by atoms with E-state index in [9.17, 15) is 9.59 Å². The monoisotopic (exact) mass is 389 g/mol. The van der Waals surface area contributed by atoms with Gasteiger partial charge >= 0.3 is 5.97 Å². The number of esters is 1. The van der Waals surface area contributed by atoms with E-state index in [-0.39, 0.29) is 18.6 Å². The molecule has 3 rings (SSSR count). The van der Waals surface area contributed by atoms with Crippen LogP contribution in [0, 0.1) is 0 Å². The van der Waals surface area contributed by atoms with Crippen molar-refractivity contribution in [1.82, 2.24) is 5.32 Å². The third kappa shape index (κ3) is 5.94. The molecule has 0 fully saturated rings. The SMILES string of the molecule is COc1ccc(C(=O)OCC(=O)N[C@H](Cc2ccccc2)c2ccccc2)cc1. The Kier molecular flexibility index (Phi) is 7.00. The summed E-state index contributed by atoms with van der Waals surface area (Å²) in [6.07, 6.45) is 0.642. The summed E-state index contributed by atoms with van der Waals surface area (Å²) in [4.78, 5) is 24.6. The molecule has 0 bridgehead atoms. The zero-order chi connectivity index (χ0) is 20.5. The van der Waals surface area contributed by atoms with Crippen LogP contribution in [0.2, 0.25) is 0 Å². The van der Waals surface area contributed by atoms with E-state index >= 15 is 0 Å². The molecule has 1 amide bonds. The van der Waals surface area contributed by atoms with Crippen LogP contribution in [-0.4, -0.2) is 25.6 Å². The second kappa shape index (κ2) is 10.1. The van der Waals surface area contributed by atoms with Crippen molar-refractivity contribution in [1.29, 1.82) is 0 Å². The van der Waals surface area contributed by atoms with Gasteiger partial charge in [0.15, 0.2) is 6.61 Å². The van der Waals surface area contributed by atoms with E-state index in [1.54, 1.807) is 31.4 Å². The smallest absolute Gasteiger partial charge is 0.338 e. The number of carbonyl (C=O) groups excluding carboxylic acids is 2. The van der Waals surface area contributed by atoms with Crippen molar-refractivity contribution in [3.05, 3.63) is 102 Å². The predicted octanol–water partition coefficient (Wildman–Crippen LogP) is 3.95. The van der Waals surface area contributed by atoms with Crippen molar-refractivity contribution in [3.8, 4) is 5.75 Å². The number of hydrogen-bond donors (Lipinski definition) is 1. The van der Waals surface area contributed by atoms with E-state index in [0.717, 1.165) is 11.1 Å². The summed E-state index contributed by atoms with van der Waals surface area (Å²) in [6.45, 7) is -0.344. The molecule has 0 aliphatic carbocycles. The first-order valence-corrected chi connectivity index (χ1v) is 9.35. The largest absolute Gasteiger partial charge is 0.497 e. The predicted molar refractivity (Wildman–Crippen MR) is 111 cm³/mol. The summed E-state index contributed by atoms with van der Waals surface area (Å²) in [5.74, 6) is -0.260. The van der Waals surface area contributed by atoms with E-state index in [1.807, 2.05) is 60.7 Å². The number of rotatable bonds is 8. The van der Waals surface area contributed by atoms with Crippen LogP contribution in [0.4, 0.5) is 0 Å². The highest BCUT2D eigenvalue weighted by atomic mass is 16.5. The third-order valence-electron chi connectivity index (χ3n) is 4.48. The maximum absolute atomic E-state index is 12.4. The van der Waals surface area contributed by atoms with E-state index in [1.165, 1.54) is 0 Å². The fraction of sp³-hybridized carbons (Fsp3) is 0.167. The van der Waals surface area contributed by atoms with E-state index < -0.39 is 5.97 Å². The first-order valence-electron chi connectivity index (χ1n) is 9.35. The minimum absolute atomic E-state index is 0.217. The molecule has 29 heavy (non-hydrogen) atoms. The standard InChI is InChI=1S/C24H23NO4/c1-28-21-14-12-20(13-15-21)24(27)29-17-23(26)25-22(19-10-6-3-7-11-19)16-18-8-4-2-5-9-18/h2-15,22H,16-17H2,1H3,(H,25,26)/t22-/m1/s1. The summed E-state index contributed by atoms with van der Waals surface area (Å²) in [6, 6.07) is 26.0. The van der Waals surface area contributed by atoms with Crippen molar-refractivity contribution >= 4 is 11.9 Å². The Morgan fingerprint density at radius 2 is 1.48 bits per heavy atom. The summed E-state index contributed by atoms with van der Waals surface area (Å²) >= 11 is 0. The van der Waals surface area contributed by atoms with Crippen molar-refractivity contribution in [2.75, 3.05) is 13.7 Å². The Labute approximate surface area is 170 Å². The van der Waals surface area contributed by atoms with Crippen LogP contribution in [0.3, 0.4) is 0 Å². The lowest BCUT2D eigenvalue weighted by atomic mass is 9.99. The minimum atomic E-state index is -0.554. The normalized spacial score (nSPS) is 11.3. The Hall–Kier alpha value is -3.60. The van der Waals surface area contributed by atoms with Crippen molar-refractivity contribution in [3.63, 3.8) is 0 Å². The number of ether oxygens (including phenoxy) is 2. The Balaban J connectivity index is 1.61. The first kappa shape index (κ1) is 20.1. The van der Waals surface area contributed by atoms with Gasteiger partial charge in [0.05, 0.1) is 18.7 Å². The van der Waals surface area contributed by atoms with Crippen molar-refractivity contribution in [2.24, 2.45) is 0 Å². The second-order valence-electron chi connectivity index (χ2n) is 6.53. The van der Waals surface area contributed by atoms with Gasteiger partial charge in [0, 0.05) is 0 Å². The van der Waals surface area contributed by atoms with Crippen molar-refractivity contribution in [2.45, 2.75) is 12.5 Å². The Bertz CT molecular complexity index is 924. The average Bonchev–Trinajstić information content (AvgIpc) is 2.78. The molecule has 0 saturated carbocycles. The molecule has 0 heterocycles. The summed E-state index contributed by atoms with van der Waals surface area (Å²) in [5.41, 5.74) is 2.46. The van der Waals surface area contributed by atoms with E-state index in [0.29, 0.717) is 17.7 Å². The first-order chi connectivity index (χ1) is 14.2. The molecule has 0 aliphatic rings. The maximum atomic E-state index is 12.4. The van der Waals surface area contributed by atoms with E-state index in [2.05, 4.69) is 5.32 Å². The second-order valence-corrected chi connectivity index (χ2v) is 6.53. The maximum Gasteiger partial charge on any atom is 0.338 e. The number of carbonyl (C=O) groups is 2. The van der Waals surface area contributed by atoms with Crippen LogP contribution >= 0.6 is 0 Å². The van der Waals surface area contributed by atoms with Crippen molar-refractivity contribution < 1.29 is 19.1 Å². The van der Waals surface area contributed by atoms with Gasteiger partial charge in [0.25, 0.3) is 5.91 Å². The molecule has 0 aliphatic heterocycles. The van der Waals surface area contributed by atoms with Gasteiger partial charge in [0.2, 0.25) is 0 Å². The van der Waals surface area contributed by atoms with Gasteiger partial charge in [-0.2, -0.15) is 0 Å². The molecular formula is C24H23NO4. The molecular weight excluding hydrogens is 366 g/mol. The van der Waals surface area contributed by atoms with E-state index in [4.69, 9.17) is 9.47 Å². The van der Waals surface area contributed by atoms with Gasteiger partial charge in [-0.05, 0) is 41.8 Å². The fourth-order valence-corrected chi connectivity index (χ4v) is 2.96. The molecule has 1 atom stereocenters. The van der Waals surface area contributed by atoms with Gasteiger partial charge in [-0.15, -0.1) is 0 Å². The zero-order valence-corrected chi connectivity index (χ0v) is 16.2. The summed E-state index contributed by atoms with van der Waals surface area (Å²) < 4.78 is 10.2. The topological polar surface area (TPSA) is 64.6 Å². The number of methoxy groups -OCH3 is 1. The van der Waals surface area contributed by atoms with Gasteiger partial charge in [-0.3, -0.25) is 4.79 Å². The zero-order valence-electron chi connectivity index (χ0n) is 16.2. The highest BCUT2D eigenvalue weighted by Crippen LogP contribution is 2.18. The van der Waals surface area contributed by atoms with Crippen LogP contribution in [0.25, 0.3) is 0 Å². The van der Waals surface area contributed by atoms with Gasteiger partial charge < -0.3 is 14.8 Å². The van der Waals surface area contributed by atoms with Gasteiger partial charge in [0.1, 0.15) is 5.75 Å². The molecule has 0 saturated heterocycles. The summed E-state index contributed by atoms with van der Waals surface area (Å²) in [5, 5.41) is 2.97. The van der Waals surface area contributed by atoms with Crippen LogP contribution in [0.15, 0.2) is 84.9 Å². The number of nitrogens with one attached hydrogen (secondary N) is 1. The number of hydrogen-bond acceptors (Lipinski definition) is 4.